The third-order valence-corrected chi connectivity index (χ3v) is 3.03. The number of carbonyl (C=O) groups is 1. The van der Waals surface area contributed by atoms with E-state index in [9.17, 15) is 4.79 Å². The molecule has 0 amide bonds. The predicted molar refractivity (Wildman–Crippen MR) is 83.1 cm³/mol. The summed E-state index contributed by atoms with van der Waals surface area (Å²) in [6.45, 7) is 2.15. The van der Waals surface area contributed by atoms with Crippen LogP contribution in [-0.4, -0.2) is 19.7 Å². The van der Waals surface area contributed by atoms with E-state index in [4.69, 9.17) is 9.47 Å². The Hall–Kier alpha value is -2.55. The average Bonchev–Trinajstić information content (AvgIpc) is 2.54. The number of hydrogen-bond donors (Lipinski definition) is 0. The van der Waals surface area contributed by atoms with E-state index in [2.05, 4.69) is 0 Å². The lowest BCUT2D eigenvalue weighted by Gasteiger charge is -2.09. The van der Waals surface area contributed by atoms with E-state index < -0.39 is 0 Å². The summed E-state index contributed by atoms with van der Waals surface area (Å²) in [7, 11) is 1.63. The third kappa shape index (κ3) is 3.96. The van der Waals surface area contributed by atoms with E-state index in [0.717, 1.165) is 22.4 Å². The van der Waals surface area contributed by atoms with Crippen LogP contribution in [0.3, 0.4) is 0 Å². The van der Waals surface area contributed by atoms with Gasteiger partial charge >= 0.3 is 5.97 Å². The van der Waals surface area contributed by atoms with Gasteiger partial charge < -0.3 is 9.47 Å². The SMILES string of the molecule is CCOC(=O)/C=C(\c1ccccc1)c1ccc(OC)cc1. The molecule has 0 aromatic heterocycles. The number of methoxy groups -OCH3 is 1. The van der Waals surface area contributed by atoms with Crippen LogP contribution in [0.4, 0.5) is 0 Å². The van der Waals surface area contributed by atoms with Gasteiger partial charge in [0.05, 0.1) is 13.7 Å². The first-order chi connectivity index (χ1) is 10.2. The molecule has 0 aliphatic heterocycles. The molecule has 0 aliphatic carbocycles. The predicted octanol–water partition coefficient (Wildman–Crippen LogP) is 3.69. The Balaban J connectivity index is 2.42. The van der Waals surface area contributed by atoms with E-state index in [1.54, 1.807) is 14.0 Å². The van der Waals surface area contributed by atoms with Gasteiger partial charge in [0.1, 0.15) is 5.75 Å². The van der Waals surface area contributed by atoms with Crippen molar-refractivity contribution in [2.45, 2.75) is 6.92 Å². The molecule has 0 spiro atoms. The number of hydrogen-bond acceptors (Lipinski definition) is 3. The number of carbonyl (C=O) groups excluding carboxylic acids is 1. The zero-order chi connectivity index (χ0) is 15.1. The molecule has 0 saturated carbocycles. The van der Waals surface area contributed by atoms with Gasteiger partial charge in [0.15, 0.2) is 0 Å². The summed E-state index contributed by atoms with van der Waals surface area (Å²) >= 11 is 0. The van der Waals surface area contributed by atoms with Crippen LogP contribution in [0.25, 0.3) is 5.57 Å². The molecule has 2 rings (SSSR count). The van der Waals surface area contributed by atoms with E-state index >= 15 is 0 Å². The first-order valence-electron chi connectivity index (χ1n) is 6.83. The Bertz CT molecular complexity index is 613. The summed E-state index contributed by atoms with van der Waals surface area (Å²) in [5.74, 6) is 0.439. The third-order valence-electron chi connectivity index (χ3n) is 3.03. The highest BCUT2D eigenvalue weighted by atomic mass is 16.5. The van der Waals surface area contributed by atoms with Gasteiger partial charge in [-0.05, 0) is 35.8 Å². The maximum Gasteiger partial charge on any atom is 0.331 e. The van der Waals surface area contributed by atoms with Gasteiger partial charge in [-0.1, -0.05) is 42.5 Å². The number of esters is 1. The number of benzene rings is 2. The van der Waals surface area contributed by atoms with E-state index in [0.29, 0.717) is 6.61 Å². The number of rotatable bonds is 5. The average molecular weight is 282 g/mol. The van der Waals surface area contributed by atoms with Crippen LogP contribution in [0.5, 0.6) is 5.75 Å². The van der Waals surface area contributed by atoms with Crippen LogP contribution in [0, 0.1) is 0 Å². The van der Waals surface area contributed by atoms with Gasteiger partial charge in [0, 0.05) is 6.08 Å². The summed E-state index contributed by atoms with van der Waals surface area (Å²) < 4.78 is 10.2. The van der Waals surface area contributed by atoms with Crippen molar-refractivity contribution in [3.63, 3.8) is 0 Å². The van der Waals surface area contributed by atoms with Crippen molar-refractivity contribution in [1.82, 2.24) is 0 Å². The van der Waals surface area contributed by atoms with Gasteiger partial charge in [-0.25, -0.2) is 4.79 Å². The van der Waals surface area contributed by atoms with E-state index in [1.807, 2.05) is 54.6 Å². The van der Waals surface area contributed by atoms with Crippen molar-refractivity contribution in [2.24, 2.45) is 0 Å². The fourth-order valence-corrected chi connectivity index (χ4v) is 2.02. The second-order valence-electron chi connectivity index (χ2n) is 4.40. The largest absolute Gasteiger partial charge is 0.497 e. The molecule has 0 N–H and O–H groups in total. The standard InChI is InChI=1S/C18H18O3/c1-3-21-18(19)13-17(14-7-5-4-6-8-14)15-9-11-16(20-2)12-10-15/h4-13H,3H2,1-2H3/b17-13+. The van der Waals surface area contributed by atoms with E-state index in [-0.39, 0.29) is 5.97 Å². The minimum Gasteiger partial charge on any atom is -0.497 e. The van der Waals surface area contributed by atoms with Gasteiger partial charge in [-0.2, -0.15) is 0 Å². The van der Waals surface area contributed by atoms with E-state index in [1.165, 1.54) is 6.08 Å². The smallest absolute Gasteiger partial charge is 0.331 e. The molecule has 108 valence electrons. The fourth-order valence-electron chi connectivity index (χ4n) is 2.02. The number of ether oxygens (including phenoxy) is 2. The van der Waals surface area contributed by atoms with Crippen LogP contribution >= 0.6 is 0 Å². The monoisotopic (exact) mass is 282 g/mol. The van der Waals surface area contributed by atoms with Gasteiger partial charge in [-0.15, -0.1) is 0 Å². The second-order valence-corrected chi connectivity index (χ2v) is 4.40. The van der Waals surface area contributed by atoms with Crippen LogP contribution in [0.1, 0.15) is 18.1 Å². The van der Waals surface area contributed by atoms with Crippen LogP contribution in [-0.2, 0) is 9.53 Å². The van der Waals surface area contributed by atoms with Crippen molar-refractivity contribution in [3.05, 3.63) is 71.8 Å². The maximum absolute atomic E-state index is 11.8. The molecular formula is C18H18O3. The zero-order valence-corrected chi connectivity index (χ0v) is 12.2. The Kier molecular flexibility index (Phi) is 5.16. The molecule has 0 atom stereocenters. The maximum atomic E-state index is 11.8. The van der Waals surface area contributed by atoms with Gasteiger partial charge in [-0.3, -0.25) is 0 Å². The molecule has 2 aromatic carbocycles. The molecule has 21 heavy (non-hydrogen) atoms. The molecule has 0 unspecified atom stereocenters. The van der Waals surface area contributed by atoms with Crippen molar-refractivity contribution in [3.8, 4) is 5.75 Å². The Morgan fingerprint density at radius 2 is 1.62 bits per heavy atom. The first-order valence-corrected chi connectivity index (χ1v) is 6.83. The van der Waals surface area contributed by atoms with Gasteiger partial charge in [0.2, 0.25) is 0 Å². The lowest BCUT2D eigenvalue weighted by Crippen LogP contribution is -2.01. The first kappa shape index (κ1) is 14.9. The molecular weight excluding hydrogens is 264 g/mol. The highest BCUT2D eigenvalue weighted by Gasteiger charge is 2.08. The molecule has 3 nitrogen and oxygen atoms in total. The molecule has 0 aliphatic rings. The highest BCUT2D eigenvalue weighted by molar-refractivity contribution is 5.96. The van der Waals surface area contributed by atoms with Crippen LogP contribution in [0.2, 0.25) is 0 Å². The van der Waals surface area contributed by atoms with Crippen molar-refractivity contribution in [1.29, 1.82) is 0 Å². The van der Waals surface area contributed by atoms with Crippen molar-refractivity contribution >= 4 is 11.5 Å². The van der Waals surface area contributed by atoms with Crippen molar-refractivity contribution < 1.29 is 14.3 Å². The summed E-state index contributed by atoms with van der Waals surface area (Å²) in [6.07, 6.45) is 1.53. The Morgan fingerprint density at radius 3 is 2.19 bits per heavy atom. The quantitative estimate of drug-likeness (QED) is 0.620. The highest BCUT2D eigenvalue weighted by Crippen LogP contribution is 2.25. The molecule has 0 fully saturated rings. The lowest BCUT2D eigenvalue weighted by atomic mass is 9.97. The van der Waals surface area contributed by atoms with Crippen molar-refractivity contribution in [2.75, 3.05) is 13.7 Å². The summed E-state index contributed by atoms with van der Waals surface area (Å²) in [5, 5.41) is 0. The molecule has 0 saturated heterocycles. The molecule has 2 aromatic rings. The Morgan fingerprint density at radius 1 is 1.00 bits per heavy atom. The summed E-state index contributed by atoms with van der Waals surface area (Å²) in [6, 6.07) is 17.4. The topological polar surface area (TPSA) is 35.5 Å². The Labute approximate surface area is 124 Å². The summed E-state index contributed by atoms with van der Waals surface area (Å²) in [5.41, 5.74) is 2.74. The molecule has 0 radical (unpaired) electrons. The normalized spacial score (nSPS) is 11.0. The molecule has 0 bridgehead atoms. The van der Waals surface area contributed by atoms with Crippen LogP contribution < -0.4 is 4.74 Å². The summed E-state index contributed by atoms with van der Waals surface area (Å²) in [4.78, 5) is 11.8. The minimum absolute atomic E-state index is 0.341. The lowest BCUT2D eigenvalue weighted by molar-refractivity contribution is -0.137. The minimum atomic E-state index is -0.341. The second kappa shape index (κ2) is 7.29. The fraction of sp³-hybridized carbons (Fsp3) is 0.167. The van der Waals surface area contributed by atoms with Gasteiger partial charge in [0.25, 0.3) is 0 Å². The van der Waals surface area contributed by atoms with Crippen LogP contribution in [0.15, 0.2) is 60.7 Å². The molecule has 0 heterocycles. The zero-order valence-electron chi connectivity index (χ0n) is 12.2. The molecule has 3 heteroatoms.